The molecule has 0 aromatic heterocycles. The highest BCUT2D eigenvalue weighted by Gasteiger charge is 2.18. The molecule has 0 saturated carbocycles. The summed E-state index contributed by atoms with van der Waals surface area (Å²) < 4.78 is 11.2. The molecule has 3 rings (SSSR count). The highest BCUT2D eigenvalue weighted by atomic mass is 16.6. The van der Waals surface area contributed by atoms with E-state index in [1.54, 1.807) is 17.0 Å². The van der Waals surface area contributed by atoms with E-state index in [0.717, 1.165) is 31.7 Å². The van der Waals surface area contributed by atoms with Gasteiger partial charge in [0.2, 0.25) is 0 Å². The minimum absolute atomic E-state index is 0.281. The summed E-state index contributed by atoms with van der Waals surface area (Å²) in [6.45, 7) is 1.55. The summed E-state index contributed by atoms with van der Waals surface area (Å²) in [4.78, 5) is 13.9. The van der Waals surface area contributed by atoms with E-state index in [4.69, 9.17) is 9.47 Å². The lowest BCUT2D eigenvalue weighted by molar-refractivity contribution is 0.142. The molecule has 0 bridgehead atoms. The second-order valence-corrected chi connectivity index (χ2v) is 5.31. The summed E-state index contributed by atoms with van der Waals surface area (Å²) >= 11 is 0. The second kappa shape index (κ2) is 6.98. The topological polar surface area (TPSA) is 38.8 Å². The third-order valence-corrected chi connectivity index (χ3v) is 3.60. The fourth-order valence-corrected chi connectivity index (χ4v) is 2.47. The van der Waals surface area contributed by atoms with Crippen molar-refractivity contribution in [3.05, 3.63) is 54.6 Å². The van der Waals surface area contributed by atoms with Crippen LogP contribution in [-0.4, -0.2) is 24.1 Å². The zero-order chi connectivity index (χ0) is 15.2. The van der Waals surface area contributed by atoms with Gasteiger partial charge in [-0.1, -0.05) is 24.3 Å². The lowest BCUT2D eigenvalue weighted by Crippen LogP contribution is -2.37. The number of hydrogen-bond donors (Lipinski definition) is 0. The van der Waals surface area contributed by atoms with Crippen LogP contribution < -0.4 is 9.47 Å². The number of carbonyl (C=O) groups excluding carboxylic acids is 1. The largest absolute Gasteiger partial charge is 0.457 e. The molecule has 1 aliphatic heterocycles. The van der Waals surface area contributed by atoms with Crippen molar-refractivity contribution in [3.8, 4) is 17.2 Å². The van der Waals surface area contributed by atoms with E-state index in [-0.39, 0.29) is 6.09 Å². The van der Waals surface area contributed by atoms with Crippen LogP contribution in [0.3, 0.4) is 0 Å². The first-order valence-corrected chi connectivity index (χ1v) is 7.61. The van der Waals surface area contributed by atoms with Gasteiger partial charge in [-0.05, 0) is 43.5 Å². The summed E-state index contributed by atoms with van der Waals surface area (Å²) in [5.74, 6) is 1.90. The van der Waals surface area contributed by atoms with Crippen molar-refractivity contribution in [2.24, 2.45) is 0 Å². The van der Waals surface area contributed by atoms with Gasteiger partial charge in [-0.3, -0.25) is 0 Å². The van der Waals surface area contributed by atoms with E-state index in [0.29, 0.717) is 11.5 Å². The molecule has 1 amide bonds. The number of amides is 1. The number of rotatable bonds is 3. The number of carbonyl (C=O) groups is 1. The maximum Gasteiger partial charge on any atom is 0.415 e. The lowest BCUT2D eigenvalue weighted by Gasteiger charge is -2.25. The molecule has 2 aromatic rings. The van der Waals surface area contributed by atoms with Crippen molar-refractivity contribution in [1.29, 1.82) is 0 Å². The highest BCUT2D eigenvalue weighted by Crippen LogP contribution is 2.25. The van der Waals surface area contributed by atoms with Crippen LogP contribution in [0, 0.1) is 0 Å². The van der Waals surface area contributed by atoms with Crippen LogP contribution in [0.4, 0.5) is 4.79 Å². The number of para-hydroxylation sites is 1. The second-order valence-electron chi connectivity index (χ2n) is 5.31. The molecular formula is C18H19NO3. The fraction of sp³-hybridized carbons (Fsp3) is 0.278. The van der Waals surface area contributed by atoms with Crippen LogP contribution in [0.5, 0.6) is 17.2 Å². The third kappa shape index (κ3) is 3.79. The number of likely N-dealkylation sites (tertiary alicyclic amines) is 1. The Kier molecular flexibility index (Phi) is 4.59. The zero-order valence-corrected chi connectivity index (χ0v) is 12.4. The van der Waals surface area contributed by atoms with E-state index in [1.165, 1.54) is 6.42 Å². The number of ether oxygens (including phenoxy) is 2. The summed E-state index contributed by atoms with van der Waals surface area (Å²) in [7, 11) is 0. The Balaban J connectivity index is 1.64. The number of benzene rings is 2. The molecular weight excluding hydrogens is 278 g/mol. The van der Waals surface area contributed by atoms with Crippen molar-refractivity contribution in [1.82, 2.24) is 4.90 Å². The number of hydrogen-bond acceptors (Lipinski definition) is 3. The van der Waals surface area contributed by atoms with Crippen LogP contribution in [0.1, 0.15) is 19.3 Å². The predicted molar refractivity (Wildman–Crippen MR) is 84.4 cm³/mol. The molecule has 22 heavy (non-hydrogen) atoms. The average Bonchev–Trinajstić information content (AvgIpc) is 2.57. The standard InChI is InChI=1S/C18H19NO3/c20-18(19-12-5-2-6-13-19)22-17-11-7-10-16(14-17)21-15-8-3-1-4-9-15/h1,3-4,7-11,14H,2,5-6,12-13H2. The Morgan fingerprint density at radius 1 is 0.818 bits per heavy atom. The molecule has 0 atom stereocenters. The Hall–Kier alpha value is -2.49. The van der Waals surface area contributed by atoms with Crippen molar-refractivity contribution in [2.75, 3.05) is 13.1 Å². The first kappa shape index (κ1) is 14.4. The summed E-state index contributed by atoms with van der Waals surface area (Å²) in [5, 5.41) is 0. The van der Waals surface area contributed by atoms with Crippen LogP contribution in [0.25, 0.3) is 0 Å². The summed E-state index contributed by atoms with van der Waals surface area (Å²) in [6.07, 6.45) is 3.00. The van der Waals surface area contributed by atoms with E-state index < -0.39 is 0 Å². The Labute approximate surface area is 130 Å². The molecule has 0 radical (unpaired) electrons. The van der Waals surface area contributed by atoms with Gasteiger partial charge in [0.05, 0.1) is 0 Å². The van der Waals surface area contributed by atoms with Crippen molar-refractivity contribution in [2.45, 2.75) is 19.3 Å². The molecule has 1 fully saturated rings. The molecule has 4 nitrogen and oxygen atoms in total. The molecule has 0 aliphatic carbocycles. The molecule has 4 heteroatoms. The molecule has 1 aliphatic rings. The van der Waals surface area contributed by atoms with E-state index >= 15 is 0 Å². The van der Waals surface area contributed by atoms with Gasteiger partial charge >= 0.3 is 6.09 Å². The van der Waals surface area contributed by atoms with Crippen LogP contribution >= 0.6 is 0 Å². The minimum Gasteiger partial charge on any atom is -0.457 e. The Bertz CT molecular complexity index is 621. The molecule has 114 valence electrons. The van der Waals surface area contributed by atoms with Gasteiger partial charge in [0, 0.05) is 19.2 Å². The van der Waals surface area contributed by atoms with E-state index in [1.807, 2.05) is 42.5 Å². The first-order chi connectivity index (χ1) is 10.8. The molecule has 0 unspecified atom stereocenters. The maximum absolute atomic E-state index is 12.1. The van der Waals surface area contributed by atoms with Gasteiger partial charge in [-0.2, -0.15) is 0 Å². The predicted octanol–water partition coefficient (Wildman–Crippen LogP) is 4.46. The smallest absolute Gasteiger partial charge is 0.415 e. The van der Waals surface area contributed by atoms with Gasteiger partial charge in [-0.25, -0.2) is 4.79 Å². The van der Waals surface area contributed by atoms with Crippen molar-refractivity contribution < 1.29 is 14.3 Å². The molecule has 2 aromatic carbocycles. The quantitative estimate of drug-likeness (QED) is 0.839. The fourth-order valence-electron chi connectivity index (χ4n) is 2.47. The highest BCUT2D eigenvalue weighted by molar-refractivity contribution is 5.70. The maximum atomic E-state index is 12.1. The molecule has 1 saturated heterocycles. The summed E-state index contributed by atoms with van der Waals surface area (Å²) in [5.41, 5.74) is 0. The number of piperidine rings is 1. The van der Waals surface area contributed by atoms with Gasteiger partial charge in [0.15, 0.2) is 0 Å². The molecule has 1 heterocycles. The van der Waals surface area contributed by atoms with Gasteiger partial charge in [0.1, 0.15) is 17.2 Å². The Morgan fingerprint density at radius 3 is 2.27 bits per heavy atom. The molecule has 0 spiro atoms. The van der Waals surface area contributed by atoms with E-state index in [2.05, 4.69) is 0 Å². The lowest BCUT2D eigenvalue weighted by atomic mass is 10.1. The minimum atomic E-state index is -0.281. The van der Waals surface area contributed by atoms with Gasteiger partial charge in [0.25, 0.3) is 0 Å². The van der Waals surface area contributed by atoms with Crippen LogP contribution in [0.15, 0.2) is 54.6 Å². The van der Waals surface area contributed by atoms with Gasteiger partial charge in [-0.15, -0.1) is 0 Å². The molecule has 0 N–H and O–H groups in total. The van der Waals surface area contributed by atoms with Crippen molar-refractivity contribution in [3.63, 3.8) is 0 Å². The van der Waals surface area contributed by atoms with Gasteiger partial charge < -0.3 is 14.4 Å². The SMILES string of the molecule is O=C(Oc1cccc(Oc2ccccc2)c1)N1CCCCC1. The zero-order valence-electron chi connectivity index (χ0n) is 12.4. The average molecular weight is 297 g/mol. The van der Waals surface area contributed by atoms with Crippen molar-refractivity contribution >= 4 is 6.09 Å². The third-order valence-electron chi connectivity index (χ3n) is 3.60. The summed E-state index contributed by atoms with van der Waals surface area (Å²) in [6, 6.07) is 16.7. The monoisotopic (exact) mass is 297 g/mol. The Morgan fingerprint density at radius 2 is 1.50 bits per heavy atom. The number of nitrogens with zero attached hydrogens (tertiary/aromatic N) is 1. The van der Waals surface area contributed by atoms with Crippen LogP contribution in [-0.2, 0) is 0 Å². The van der Waals surface area contributed by atoms with E-state index in [9.17, 15) is 4.79 Å². The van der Waals surface area contributed by atoms with Crippen LogP contribution in [0.2, 0.25) is 0 Å². The normalized spacial score (nSPS) is 14.5. The first-order valence-electron chi connectivity index (χ1n) is 7.61.